The van der Waals surface area contributed by atoms with E-state index in [9.17, 15) is 18.0 Å². The van der Waals surface area contributed by atoms with Gasteiger partial charge in [0.1, 0.15) is 4.90 Å². The number of nitrogens with one attached hydrogen (secondary N) is 1. The zero-order valence-electron chi connectivity index (χ0n) is 14.7. The lowest BCUT2D eigenvalue weighted by atomic mass is 10.1. The van der Waals surface area contributed by atoms with Crippen molar-refractivity contribution in [1.82, 2.24) is 4.31 Å². The number of nitrogens with zero attached hydrogens (tertiary/aromatic N) is 1. The molecule has 1 aliphatic rings. The predicted molar refractivity (Wildman–Crippen MR) is 98.4 cm³/mol. The quantitative estimate of drug-likeness (QED) is 0.875. The lowest BCUT2D eigenvalue weighted by Gasteiger charge is -2.15. The van der Waals surface area contributed by atoms with Gasteiger partial charge in [-0.3, -0.25) is 9.59 Å². The predicted octanol–water partition coefficient (Wildman–Crippen LogP) is 2.87. The summed E-state index contributed by atoms with van der Waals surface area (Å²) >= 11 is 0. The van der Waals surface area contributed by atoms with E-state index in [-0.39, 0.29) is 35.8 Å². The Labute approximate surface area is 152 Å². The molecule has 26 heavy (non-hydrogen) atoms. The van der Waals surface area contributed by atoms with Crippen LogP contribution >= 0.6 is 0 Å². The van der Waals surface area contributed by atoms with E-state index in [1.54, 1.807) is 12.1 Å². The van der Waals surface area contributed by atoms with Gasteiger partial charge in [-0.15, -0.1) is 0 Å². The van der Waals surface area contributed by atoms with Crippen LogP contribution in [0.5, 0.6) is 0 Å². The number of hydrogen-bond acceptors (Lipinski definition) is 4. The van der Waals surface area contributed by atoms with E-state index < -0.39 is 15.9 Å². The van der Waals surface area contributed by atoms with Crippen molar-refractivity contribution in [3.63, 3.8) is 0 Å². The fourth-order valence-corrected chi connectivity index (χ4v) is 4.66. The van der Waals surface area contributed by atoms with Crippen LogP contribution in [0.15, 0.2) is 47.4 Å². The first-order chi connectivity index (χ1) is 12.3. The molecular formula is C19H20N2O4S. The van der Waals surface area contributed by atoms with Crippen LogP contribution in [-0.2, 0) is 14.8 Å². The number of fused-ring (bicyclic) bond motifs is 1. The van der Waals surface area contributed by atoms with Crippen LogP contribution in [0.4, 0.5) is 5.69 Å². The summed E-state index contributed by atoms with van der Waals surface area (Å²) < 4.78 is 25.8. The summed E-state index contributed by atoms with van der Waals surface area (Å²) in [5, 5.41) is 2.86. The summed E-state index contributed by atoms with van der Waals surface area (Å²) in [5.41, 5.74) is 2.89. The summed E-state index contributed by atoms with van der Waals surface area (Å²) in [7, 11) is -3.81. The molecular weight excluding hydrogens is 352 g/mol. The Bertz CT molecular complexity index is 963. The molecule has 0 aromatic heterocycles. The number of carbonyl (C=O) groups is 2. The molecule has 1 aliphatic heterocycles. The average molecular weight is 372 g/mol. The maximum atomic E-state index is 12.5. The average Bonchev–Trinajstić information content (AvgIpc) is 2.79. The molecule has 0 saturated carbocycles. The highest BCUT2D eigenvalue weighted by atomic mass is 32.2. The molecule has 0 fully saturated rings. The summed E-state index contributed by atoms with van der Waals surface area (Å²) in [5.74, 6) is -0.736. The molecule has 2 aromatic carbocycles. The Balaban J connectivity index is 1.62. The summed E-state index contributed by atoms with van der Waals surface area (Å²) in [4.78, 5) is 24.5. The van der Waals surface area contributed by atoms with Gasteiger partial charge in [-0.2, -0.15) is 0 Å². The normalized spacial score (nSPS) is 15.0. The van der Waals surface area contributed by atoms with Crippen molar-refractivity contribution in [2.45, 2.75) is 31.6 Å². The molecule has 3 rings (SSSR count). The Morgan fingerprint density at radius 3 is 2.35 bits per heavy atom. The van der Waals surface area contributed by atoms with Gasteiger partial charge in [-0.25, -0.2) is 12.7 Å². The molecule has 2 aromatic rings. The molecule has 2 amide bonds. The summed E-state index contributed by atoms with van der Waals surface area (Å²) in [6.07, 6.45) is 0.388. The molecule has 0 spiro atoms. The number of carbonyl (C=O) groups excluding carboxylic acids is 2. The third-order valence-electron chi connectivity index (χ3n) is 4.42. The standard InChI is InChI=1S/C19H20N2O4S/c1-13-7-5-8-14(2)18(13)20-17(22)11-6-12-21-19(23)15-9-3-4-10-16(15)26(21,24)25/h3-5,7-10H,6,11-12H2,1-2H3,(H,20,22). The summed E-state index contributed by atoms with van der Waals surface area (Å²) in [6.45, 7) is 3.81. The van der Waals surface area contributed by atoms with E-state index >= 15 is 0 Å². The van der Waals surface area contributed by atoms with Crippen molar-refractivity contribution in [2.24, 2.45) is 0 Å². The van der Waals surface area contributed by atoms with Crippen molar-refractivity contribution in [3.8, 4) is 0 Å². The number of hydrogen-bond donors (Lipinski definition) is 1. The van der Waals surface area contributed by atoms with Crippen LogP contribution in [0.3, 0.4) is 0 Å². The van der Waals surface area contributed by atoms with Gasteiger partial charge >= 0.3 is 0 Å². The van der Waals surface area contributed by atoms with Crippen LogP contribution in [0.25, 0.3) is 0 Å². The number of benzene rings is 2. The Kier molecular flexibility index (Phi) is 4.82. The number of sulfonamides is 1. The second kappa shape index (κ2) is 6.92. The highest BCUT2D eigenvalue weighted by Crippen LogP contribution is 2.30. The molecule has 0 radical (unpaired) electrons. The molecule has 1 N–H and O–H groups in total. The fourth-order valence-electron chi connectivity index (χ4n) is 3.05. The highest BCUT2D eigenvalue weighted by molar-refractivity contribution is 7.90. The van der Waals surface area contributed by atoms with Gasteiger partial charge in [0.2, 0.25) is 5.91 Å². The molecule has 0 atom stereocenters. The number of para-hydroxylation sites is 1. The van der Waals surface area contributed by atoms with Crippen LogP contribution in [-0.4, -0.2) is 31.1 Å². The van der Waals surface area contributed by atoms with Gasteiger partial charge in [0.05, 0.1) is 5.56 Å². The van der Waals surface area contributed by atoms with Gasteiger partial charge in [-0.1, -0.05) is 30.3 Å². The third kappa shape index (κ3) is 3.22. The maximum absolute atomic E-state index is 12.5. The van der Waals surface area contributed by atoms with Crippen LogP contribution < -0.4 is 5.32 Å². The second-order valence-electron chi connectivity index (χ2n) is 6.30. The smallest absolute Gasteiger partial charge is 0.269 e. The molecule has 0 unspecified atom stereocenters. The first-order valence-corrected chi connectivity index (χ1v) is 9.78. The topological polar surface area (TPSA) is 83.6 Å². The van der Waals surface area contributed by atoms with Gasteiger partial charge in [0, 0.05) is 18.7 Å². The van der Waals surface area contributed by atoms with Crippen molar-refractivity contribution in [3.05, 3.63) is 59.2 Å². The molecule has 0 aliphatic carbocycles. The van der Waals surface area contributed by atoms with Gasteiger partial charge in [-0.05, 0) is 43.5 Å². The van der Waals surface area contributed by atoms with E-state index in [0.29, 0.717) is 0 Å². The van der Waals surface area contributed by atoms with Crippen molar-refractivity contribution >= 4 is 27.5 Å². The first kappa shape index (κ1) is 18.1. The minimum absolute atomic E-state index is 0.0178. The largest absolute Gasteiger partial charge is 0.326 e. The highest BCUT2D eigenvalue weighted by Gasteiger charge is 2.40. The molecule has 1 heterocycles. The van der Waals surface area contributed by atoms with Gasteiger partial charge in [0.25, 0.3) is 15.9 Å². The lowest BCUT2D eigenvalue weighted by molar-refractivity contribution is -0.116. The van der Waals surface area contributed by atoms with Crippen LogP contribution in [0.2, 0.25) is 0 Å². The van der Waals surface area contributed by atoms with Gasteiger partial charge < -0.3 is 5.32 Å². The monoisotopic (exact) mass is 372 g/mol. The molecule has 136 valence electrons. The molecule has 0 bridgehead atoms. The number of amides is 2. The number of anilines is 1. The lowest BCUT2D eigenvalue weighted by Crippen LogP contribution is -2.31. The molecule has 0 saturated heterocycles. The zero-order chi connectivity index (χ0) is 18.9. The van der Waals surface area contributed by atoms with Crippen molar-refractivity contribution < 1.29 is 18.0 Å². The number of rotatable bonds is 5. The molecule has 6 nitrogen and oxygen atoms in total. The zero-order valence-corrected chi connectivity index (χ0v) is 15.5. The minimum Gasteiger partial charge on any atom is -0.326 e. The summed E-state index contributed by atoms with van der Waals surface area (Å²) in [6, 6.07) is 11.9. The first-order valence-electron chi connectivity index (χ1n) is 8.34. The van der Waals surface area contributed by atoms with E-state index in [0.717, 1.165) is 21.1 Å². The van der Waals surface area contributed by atoms with Gasteiger partial charge in [0.15, 0.2) is 0 Å². The number of aryl methyl sites for hydroxylation is 2. The maximum Gasteiger partial charge on any atom is 0.269 e. The Morgan fingerprint density at radius 2 is 1.69 bits per heavy atom. The SMILES string of the molecule is Cc1cccc(C)c1NC(=O)CCCN1C(=O)c2ccccc2S1(=O)=O. The second-order valence-corrected chi connectivity index (χ2v) is 8.13. The van der Waals surface area contributed by atoms with E-state index in [1.165, 1.54) is 12.1 Å². The van der Waals surface area contributed by atoms with E-state index in [4.69, 9.17) is 0 Å². The van der Waals surface area contributed by atoms with Crippen LogP contribution in [0, 0.1) is 13.8 Å². The Morgan fingerprint density at radius 1 is 1.04 bits per heavy atom. The van der Waals surface area contributed by atoms with Crippen molar-refractivity contribution in [1.29, 1.82) is 0 Å². The van der Waals surface area contributed by atoms with Crippen LogP contribution in [0.1, 0.15) is 34.3 Å². The molecule has 7 heteroatoms. The van der Waals surface area contributed by atoms with E-state index in [2.05, 4.69) is 5.32 Å². The minimum atomic E-state index is -3.81. The third-order valence-corrected chi connectivity index (χ3v) is 6.26. The van der Waals surface area contributed by atoms with E-state index in [1.807, 2.05) is 32.0 Å². The van der Waals surface area contributed by atoms with Crippen molar-refractivity contribution in [2.75, 3.05) is 11.9 Å². The fraction of sp³-hybridized carbons (Fsp3) is 0.263. The Hall–Kier alpha value is -2.67.